The molecule has 8 nitrogen and oxygen atoms in total. The minimum atomic E-state index is -3.99. The average molecular weight is 291 g/mol. The minimum absolute atomic E-state index is 0.0835. The third-order valence-electron chi connectivity index (χ3n) is 2.51. The van der Waals surface area contributed by atoms with Crippen LogP contribution in [0.4, 0.5) is 0 Å². The van der Waals surface area contributed by atoms with Gasteiger partial charge in [-0.2, -0.15) is 9.40 Å². The van der Waals surface area contributed by atoms with Crippen LogP contribution in [0.3, 0.4) is 0 Å². The maximum atomic E-state index is 12.4. The van der Waals surface area contributed by atoms with Crippen molar-refractivity contribution in [3.05, 3.63) is 11.4 Å². The Labute approximate surface area is 111 Å². The summed E-state index contributed by atoms with van der Waals surface area (Å²) < 4.78 is 25.9. The summed E-state index contributed by atoms with van der Waals surface area (Å²) in [6.45, 7) is 3.01. The van der Waals surface area contributed by atoms with E-state index in [1.807, 2.05) is 0 Å². The van der Waals surface area contributed by atoms with Gasteiger partial charge in [0.05, 0.1) is 12.3 Å². The predicted molar refractivity (Wildman–Crippen MR) is 66.4 cm³/mol. The van der Waals surface area contributed by atoms with E-state index in [4.69, 9.17) is 10.2 Å². The lowest BCUT2D eigenvalue weighted by Gasteiger charge is -2.20. The Kier molecular flexibility index (Phi) is 5.04. The van der Waals surface area contributed by atoms with Gasteiger partial charge >= 0.3 is 5.97 Å². The van der Waals surface area contributed by atoms with E-state index in [0.29, 0.717) is 6.42 Å². The summed E-state index contributed by atoms with van der Waals surface area (Å²) in [5, 5.41) is 23.8. The molecule has 3 N–H and O–H groups in total. The van der Waals surface area contributed by atoms with Crippen molar-refractivity contribution in [3.8, 4) is 0 Å². The fraction of sp³-hybridized carbons (Fsp3) is 0.600. The SMILES string of the molecule is CCCN(CCO)S(=O)(=O)c1c(C(=O)O)n[nH]c1C. The molecule has 1 heterocycles. The fourth-order valence-corrected chi connectivity index (χ4v) is 3.53. The first kappa shape index (κ1) is 15.6. The van der Waals surface area contributed by atoms with Crippen LogP contribution in [0.1, 0.15) is 29.5 Å². The maximum absolute atomic E-state index is 12.4. The van der Waals surface area contributed by atoms with Crippen molar-refractivity contribution in [1.82, 2.24) is 14.5 Å². The zero-order valence-corrected chi connectivity index (χ0v) is 11.6. The molecule has 0 saturated heterocycles. The van der Waals surface area contributed by atoms with E-state index in [-0.39, 0.29) is 30.3 Å². The van der Waals surface area contributed by atoms with E-state index in [1.165, 1.54) is 6.92 Å². The highest BCUT2D eigenvalue weighted by Gasteiger charge is 2.32. The molecule has 108 valence electrons. The van der Waals surface area contributed by atoms with Crippen molar-refractivity contribution in [2.24, 2.45) is 0 Å². The number of nitrogens with zero attached hydrogens (tertiary/aromatic N) is 2. The lowest BCUT2D eigenvalue weighted by Crippen LogP contribution is -2.35. The molecule has 0 radical (unpaired) electrons. The van der Waals surface area contributed by atoms with E-state index >= 15 is 0 Å². The number of aliphatic hydroxyl groups excluding tert-OH is 1. The van der Waals surface area contributed by atoms with E-state index in [0.717, 1.165) is 4.31 Å². The number of aliphatic hydroxyl groups is 1. The predicted octanol–water partition coefficient (Wildman–Crippen LogP) is -0.191. The van der Waals surface area contributed by atoms with E-state index in [9.17, 15) is 13.2 Å². The van der Waals surface area contributed by atoms with Crippen molar-refractivity contribution in [2.75, 3.05) is 19.7 Å². The first-order valence-electron chi connectivity index (χ1n) is 5.75. The Morgan fingerprint density at radius 2 is 2.05 bits per heavy atom. The summed E-state index contributed by atoms with van der Waals surface area (Å²) >= 11 is 0. The van der Waals surface area contributed by atoms with Crippen molar-refractivity contribution in [1.29, 1.82) is 0 Å². The summed E-state index contributed by atoms with van der Waals surface area (Å²) in [6, 6.07) is 0. The number of rotatable bonds is 7. The maximum Gasteiger partial charge on any atom is 0.357 e. The lowest BCUT2D eigenvalue weighted by molar-refractivity contribution is 0.0686. The van der Waals surface area contributed by atoms with Crippen LogP contribution in [0, 0.1) is 6.92 Å². The molecule has 0 amide bonds. The smallest absolute Gasteiger partial charge is 0.357 e. The van der Waals surface area contributed by atoms with Crippen molar-refractivity contribution < 1.29 is 23.4 Å². The molecule has 0 aliphatic rings. The first-order valence-corrected chi connectivity index (χ1v) is 7.19. The average Bonchev–Trinajstić information content (AvgIpc) is 2.71. The summed E-state index contributed by atoms with van der Waals surface area (Å²) in [4.78, 5) is 10.7. The van der Waals surface area contributed by atoms with Gasteiger partial charge in [0.25, 0.3) is 0 Å². The number of hydrogen-bond donors (Lipinski definition) is 3. The van der Waals surface area contributed by atoms with Gasteiger partial charge < -0.3 is 10.2 Å². The number of aromatic amines is 1. The van der Waals surface area contributed by atoms with Crippen LogP contribution in [0.15, 0.2) is 4.90 Å². The Morgan fingerprint density at radius 1 is 1.42 bits per heavy atom. The highest BCUT2D eigenvalue weighted by Crippen LogP contribution is 2.22. The number of aryl methyl sites for hydroxylation is 1. The van der Waals surface area contributed by atoms with E-state index in [1.54, 1.807) is 6.92 Å². The molecule has 9 heteroatoms. The second-order valence-corrected chi connectivity index (χ2v) is 5.83. The van der Waals surface area contributed by atoms with Gasteiger partial charge in [-0.1, -0.05) is 6.92 Å². The van der Waals surface area contributed by atoms with Gasteiger partial charge in [-0.3, -0.25) is 5.10 Å². The molecule has 0 saturated carbocycles. The van der Waals surface area contributed by atoms with Crippen molar-refractivity contribution in [3.63, 3.8) is 0 Å². The van der Waals surface area contributed by atoms with Gasteiger partial charge in [0.15, 0.2) is 5.69 Å². The number of carboxylic acid groups (broad SMARTS) is 1. The van der Waals surface area contributed by atoms with Crippen LogP contribution >= 0.6 is 0 Å². The molecule has 0 fully saturated rings. The second-order valence-electron chi connectivity index (χ2n) is 3.96. The van der Waals surface area contributed by atoms with Gasteiger partial charge in [0.2, 0.25) is 10.0 Å². The number of sulfonamides is 1. The third-order valence-corrected chi connectivity index (χ3v) is 4.57. The normalized spacial score (nSPS) is 12.0. The molecule has 0 bridgehead atoms. The molecule has 1 aromatic heterocycles. The summed E-state index contributed by atoms with van der Waals surface area (Å²) in [6.07, 6.45) is 0.554. The van der Waals surface area contributed by atoms with Crippen LogP contribution < -0.4 is 0 Å². The summed E-state index contributed by atoms with van der Waals surface area (Å²) in [5.74, 6) is -1.41. The number of hydrogen-bond acceptors (Lipinski definition) is 5. The van der Waals surface area contributed by atoms with Crippen LogP contribution in [-0.4, -0.2) is 58.8 Å². The van der Waals surface area contributed by atoms with Crippen LogP contribution in [-0.2, 0) is 10.0 Å². The largest absolute Gasteiger partial charge is 0.476 e. The molecular formula is C10H17N3O5S. The van der Waals surface area contributed by atoms with Crippen molar-refractivity contribution in [2.45, 2.75) is 25.2 Å². The molecule has 0 unspecified atom stereocenters. The number of H-pyrrole nitrogens is 1. The number of carbonyl (C=O) groups is 1. The summed E-state index contributed by atoms with van der Waals surface area (Å²) in [5.41, 5.74) is -0.368. The Balaban J connectivity index is 3.32. The molecule has 0 spiro atoms. The molecule has 1 aromatic rings. The van der Waals surface area contributed by atoms with Crippen molar-refractivity contribution >= 4 is 16.0 Å². The van der Waals surface area contributed by atoms with Gasteiger partial charge in [-0.05, 0) is 13.3 Å². The van der Waals surface area contributed by atoms with Gasteiger partial charge in [-0.25, -0.2) is 13.2 Å². The highest BCUT2D eigenvalue weighted by molar-refractivity contribution is 7.89. The minimum Gasteiger partial charge on any atom is -0.476 e. The van der Waals surface area contributed by atoms with E-state index in [2.05, 4.69) is 10.2 Å². The number of aromatic carboxylic acids is 1. The van der Waals surface area contributed by atoms with Crippen LogP contribution in [0.5, 0.6) is 0 Å². The molecule has 1 rings (SSSR count). The monoisotopic (exact) mass is 291 g/mol. The third kappa shape index (κ3) is 3.11. The van der Waals surface area contributed by atoms with Gasteiger partial charge in [0.1, 0.15) is 4.90 Å². The fourth-order valence-electron chi connectivity index (χ4n) is 1.72. The number of aromatic nitrogens is 2. The lowest BCUT2D eigenvalue weighted by atomic mass is 10.4. The zero-order chi connectivity index (χ0) is 14.6. The first-order chi connectivity index (χ1) is 8.86. The van der Waals surface area contributed by atoms with Gasteiger partial charge in [0, 0.05) is 13.1 Å². The van der Waals surface area contributed by atoms with Gasteiger partial charge in [-0.15, -0.1) is 0 Å². The molecule has 0 aliphatic carbocycles. The summed E-state index contributed by atoms with van der Waals surface area (Å²) in [7, 11) is -3.99. The zero-order valence-electron chi connectivity index (χ0n) is 10.8. The number of nitrogens with one attached hydrogen (secondary N) is 1. The molecular weight excluding hydrogens is 274 g/mol. The molecule has 0 aliphatic heterocycles. The number of carboxylic acids is 1. The topological polar surface area (TPSA) is 124 Å². The Morgan fingerprint density at radius 3 is 2.53 bits per heavy atom. The molecule has 19 heavy (non-hydrogen) atoms. The second kappa shape index (κ2) is 6.13. The molecule has 0 atom stereocenters. The standard InChI is InChI=1S/C10H17N3O5S/c1-3-4-13(5-6-14)19(17,18)9-7(2)11-12-8(9)10(15)16/h14H,3-6H2,1-2H3,(H,11,12)(H,15,16). The molecule has 0 aromatic carbocycles. The van der Waals surface area contributed by atoms with Crippen LogP contribution in [0.25, 0.3) is 0 Å². The Hall–Kier alpha value is -1.45. The highest BCUT2D eigenvalue weighted by atomic mass is 32.2. The van der Waals surface area contributed by atoms with E-state index < -0.39 is 21.7 Å². The van der Waals surface area contributed by atoms with Crippen LogP contribution in [0.2, 0.25) is 0 Å². The quantitative estimate of drug-likeness (QED) is 0.639. The Bertz CT molecular complexity index is 546.